The Morgan fingerprint density at radius 2 is 1.80 bits per heavy atom. The lowest BCUT2D eigenvalue weighted by Crippen LogP contribution is -2.33. The van der Waals surface area contributed by atoms with Crippen LogP contribution >= 0.6 is 0 Å². The fourth-order valence-electron chi connectivity index (χ4n) is 1.82. The minimum absolute atomic E-state index is 0.0626. The molecule has 0 radical (unpaired) electrons. The van der Waals surface area contributed by atoms with Crippen molar-refractivity contribution >= 4 is 5.78 Å². The number of benzene rings is 1. The van der Waals surface area contributed by atoms with Crippen LogP contribution in [0.2, 0.25) is 0 Å². The quantitative estimate of drug-likeness (QED) is 0.744. The summed E-state index contributed by atoms with van der Waals surface area (Å²) < 4.78 is 13.6. The molecule has 2 heteroatoms. The molecule has 1 rings (SSSR count). The minimum atomic E-state index is -0.750. The highest BCUT2D eigenvalue weighted by molar-refractivity contribution is 5.90. The molecule has 0 aliphatic carbocycles. The van der Waals surface area contributed by atoms with Crippen LogP contribution in [0.4, 0.5) is 4.39 Å². The largest absolute Gasteiger partial charge is 0.298 e. The van der Waals surface area contributed by atoms with Crippen LogP contribution in [0.5, 0.6) is 0 Å². The molecule has 1 aromatic rings. The van der Waals surface area contributed by atoms with Crippen LogP contribution in [0.25, 0.3) is 0 Å². The lowest BCUT2D eigenvalue weighted by atomic mass is 9.76. The van der Waals surface area contributed by atoms with Crippen LogP contribution in [0.15, 0.2) is 24.3 Å². The van der Waals surface area contributed by atoms with E-state index in [1.54, 1.807) is 32.0 Å². The van der Waals surface area contributed by atoms with Crippen LogP contribution in [0.3, 0.4) is 0 Å². The molecule has 1 aromatic carbocycles. The molecule has 0 heterocycles. The van der Waals surface area contributed by atoms with Gasteiger partial charge >= 0.3 is 0 Å². The van der Waals surface area contributed by atoms with Crippen LogP contribution < -0.4 is 0 Å². The van der Waals surface area contributed by atoms with Crippen molar-refractivity contribution in [2.45, 2.75) is 33.1 Å². The first kappa shape index (κ1) is 11.9. The van der Waals surface area contributed by atoms with Crippen molar-refractivity contribution in [3.8, 4) is 0 Å². The standard InChI is InChI=1S/C13H17FO/c1-9(2)12(15)13(3,4)10-7-5-6-8-11(10)14/h5-9H,1-4H3. The Kier molecular flexibility index (Phi) is 3.28. The smallest absolute Gasteiger partial charge is 0.145 e. The molecule has 0 aliphatic heterocycles. The van der Waals surface area contributed by atoms with Crippen molar-refractivity contribution in [1.82, 2.24) is 0 Å². The van der Waals surface area contributed by atoms with E-state index in [1.807, 2.05) is 13.8 Å². The van der Waals surface area contributed by atoms with E-state index in [0.717, 1.165) is 0 Å². The average molecular weight is 208 g/mol. The molecule has 0 saturated carbocycles. The van der Waals surface area contributed by atoms with E-state index in [9.17, 15) is 9.18 Å². The summed E-state index contributed by atoms with van der Waals surface area (Å²) in [7, 11) is 0. The molecule has 0 aromatic heterocycles. The van der Waals surface area contributed by atoms with Crippen molar-refractivity contribution in [3.63, 3.8) is 0 Å². The summed E-state index contributed by atoms with van der Waals surface area (Å²) in [5.41, 5.74) is -0.275. The second-order valence-electron chi connectivity index (χ2n) is 4.62. The Bertz CT molecular complexity index is 367. The Labute approximate surface area is 90.3 Å². The van der Waals surface area contributed by atoms with E-state index in [2.05, 4.69) is 0 Å². The zero-order valence-corrected chi connectivity index (χ0v) is 9.67. The summed E-state index contributed by atoms with van der Waals surface area (Å²) in [6.45, 7) is 7.22. The third-order valence-corrected chi connectivity index (χ3v) is 2.69. The molecule has 1 nitrogen and oxygen atoms in total. The van der Waals surface area contributed by atoms with Gasteiger partial charge in [0.1, 0.15) is 11.6 Å². The van der Waals surface area contributed by atoms with Crippen molar-refractivity contribution in [2.24, 2.45) is 5.92 Å². The number of carbonyl (C=O) groups is 1. The molecule has 82 valence electrons. The van der Waals surface area contributed by atoms with Gasteiger partial charge in [0.05, 0.1) is 5.41 Å². The van der Waals surface area contributed by atoms with E-state index >= 15 is 0 Å². The van der Waals surface area contributed by atoms with Crippen molar-refractivity contribution in [1.29, 1.82) is 0 Å². The number of hydrogen-bond acceptors (Lipinski definition) is 1. The van der Waals surface area contributed by atoms with Gasteiger partial charge in [-0.1, -0.05) is 32.0 Å². The zero-order valence-electron chi connectivity index (χ0n) is 9.67. The third kappa shape index (κ3) is 2.25. The molecule has 0 fully saturated rings. The van der Waals surface area contributed by atoms with Gasteiger partial charge in [-0.25, -0.2) is 4.39 Å². The molecule has 0 atom stereocenters. The highest BCUT2D eigenvalue weighted by Crippen LogP contribution is 2.29. The Hall–Kier alpha value is -1.18. The van der Waals surface area contributed by atoms with Gasteiger partial charge in [0.15, 0.2) is 0 Å². The van der Waals surface area contributed by atoms with Gasteiger partial charge in [0, 0.05) is 11.5 Å². The number of Topliss-reactive ketones (excluding diaryl/α,β-unsaturated/α-hetero) is 1. The maximum absolute atomic E-state index is 13.6. The summed E-state index contributed by atoms with van der Waals surface area (Å²) in [5.74, 6) is -0.330. The summed E-state index contributed by atoms with van der Waals surface area (Å²) >= 11 is 0. The first-order chi connectivity index (χ1) is 6.87. The number of hydrogen-bond donors (Lipinski definition) is 0. The topological polar surface area (TPSA) is 17.1 Å². The lowest BCUT2D eigenvalue weighted by molar-refractivity contribution is -0.126. The molecular weight excluding hydrogens is 191 g/mol. The van der Waals surface area contributed by atoms with Crippen LogP contribution in [0, 0.1) is 11.7 Å². The number of carbonyl (C=O) groups excluding carboxylic acids is 1. The van der Waals surface area contributed by atoms with Gasteiger partial charge in [-0.05, 0) is 19.9 Å². The lowest BCUT2D eigenvalue weighted by Gasteiger charge is -2.26. The van der Waals surface area contributed by atoms with E-state index in [-0.39, 0.29) is 17.5 Å². The van der Waals surface area contributed by atoms with Crippen molar-refractivity contribution < 1.29 is 9.18 Å². The number of ketones is 1. The minimum Gasteiger partial charge on any atom is -0.298 e. The third-order valence-electron chi connectivity index (χ3n) is 2.69. The number of halogens is 1. The molecular formula is C13H17FO. The monoisotopic (exact) mass is 208 g/mol. The Balaban J connectivity index is 3.17. The Morgan fingerprint density at radius 1 is 1.27 bits per heavy atom. The van der Waals surface area contributed by atoms with Gasteiger partial charge in [-0.15, -0.1) is 0 Å². The molecule has 0 spiro atoms. The van der Waals surface area contributed by atoms with E-state index < -0.39 is 5.41 Å². The predicted octanol–water partition coefficient (Wildman–Crippen LogP) is 3.33. The molecule has 0 unspecified atom stereocenters. The average Bonchev–Trinajstić information content (AvgIpc) is 2.16. The molecule has 0 aliphatic rings. The van der Waals surface area contributed by atoms with E-state index in [4.69, 9.17) is 0 Å². The zero-order chi connectivity index (χ0) is 11.6. The number of rotatable bonds is 3. The first-order valence-corrected chi connectivity index (χ1v) is 5.16. The second kappa shape index (κ2) is 4.13. The highest BCUT2D eigenvalue weighted by atomic mass is 19.1. The van der Waals surface area contributed by atoms with Gasteiger partial charge in [0.25, 0.3) is 0 Å². The molecule has 0 amide bonds. The summed E-state index contributed by atoms with van der Waals surface area (Å²) in [6.07, 6.45) is 0. The summed E-state index contributed by atoms with van der Waals surface area (Å²) in [4.78, 5) is 12.0. The first-order valence-electron chi connectivity index (χ1n) is 5.16. The normalized spacial score (nSPS) is 11.9. The van der Waals surface area contributed by atoms with Gasteiger partial charge < -0.3 is 0 Å². The van der Waals surface area contributed by atoms with Gasteiger partial charge in [0.2, 0.25) is 0 Å². The molecule has 0 N–H and O–H groups in total. The van der Waals surface area contributed by atoms with Crippen LogP contribution in [-0.4, -0.2) is 5.78 Å². The fourth-order valence-corrected chi connectivity index (χ4v) is 1.82. The molecule has 0 saturated heterocycles. The van der Waals surface area contributed by atoms with Crippen molar-refractivity contribution in [2.75, 3.05) is 0 Å². The predicted molar refractivity (Wildman–Crippen MR) is 59.3 cm³/mol. The fraction of sp³-hybridized carbons (Fsp3) is 0.462. The van der Waals surface area contributed by atoms with Crippen molar-refractivity contribution in [3.05, 3.63) is 35.6 Å². The molecule has 15 heavy (non-hydrogen) atoms. The summed E-state index contributed by atoms with van der Waals surface area (Å²) in [5, 5.41) is 0. The maximum Gasteiger partial charge on any atom is 0.145 e. The van der Waals surface area contributed by atoms with Gasteiger partial charge in [-0.2, -0.15) is 0 Å². The second-order valence-corrected chi connectivity index (χ2v) is 4.62. The van der Waals surface area contributed by atoms with Gasteiger partial charge in [-0.3, -0.25) is 4.79 Å². The summed E-state index contributed by atoms with van der Waals surface area (Å²) in [6, 6.07) is 6.46. The Morgan fingerprint density at radius 3 is 2.27 bits per heavy atom. The van der Waals surface area contributed by atoms with E-state index in [1.165, 1.54) is 6.07 Å². The van der Waals surface area contributed by atoms with Crippen LogP contribution in [0.1, 0.15) is 33.3 Å². The van der Waals surface area contributed by atoms with Crippen LogP contribution in [-0.2, 0) is 10.2 Å². The van der Waals surface area contributed by atoms with E-state index in [0.29, 0.717) is 5.56 Å². The molecule has 0 bridgehead atoms. The maximum atomic E-state index is 13.6. The highest BCUT2D eigenvalue weighted by Gasteiger charge is 2.33. The SMILES string of the molecule is CC(C)C(=O)C(C)(C)c1ccccc1F.